The van der Waals surface area contributed by atoms with Crippen molar-refractivity contribution >= 4 is 17.8 Å². The highest BCUT2D eigenvalue weighted by Gasteiger charge is 1.97. The molecule has 1 heterocycles. The Morgan fingerprint density at radius 1 is 1.19 bits per heavy atom. The lowest BCUT2D eigenvalue weighted by Crippen LogP contribution is -1.86. The molecule has 0 bridgehead atoms. The van der Waals surface area contributed by atoms with Gasteiger partial charge in [-0.3, -0.25) is 4.68 Å². The summed E-state index contributed by atoms with van der Waals surface area (Å²) >= 11 is 0. The van der Waals surface area contributed by atoms with Crippen molar-refractivity contribution in [2.45, 2.75) is 6.92 Å². The van der Waals surface area contributed by atoms with E-state index < -0.39 is 0 Å². The van der Waals surface area contributed by atoms with E-state index in [-0.39, 0.29) is 0 Å². The molecule has 82 valence electrons. The summed E-state index contributed by atoms with van der Waals surface area (Å²) in [6.45, 7) is 2.00. The summed E-state index contributed by atoms with van der Waals surface area (Å²) in [4.78, 5) is 0. The summed E-state index contributed by atoms with van der Waals surface area (Å²) < 4.78 is 1.82. The molecule has 0 aliphatic rings. The minimum Gasteiger partial charge on any atom is -0.399 e. The highest BCUT2D eigenvalue weighted by atomic mass is 15.2. The van der Waals surface area contributed by atoms with E-state index >= 15 is 0 Å². The highest BCUT2D eigenvalue weighted by molar-refractivity contribution is 5.70. The molecule has 0 atom stereocenters. The minimum atomic E-state index is 0.787. The van der Waals surface area contributed by atoms with Crippen LogP contribution in [0.25, 0.3) is 12.2 Å². The van der Waals surface area contributed by atoms with Gasteiger partial charge in [0.25, 0.3) is 0 Å². The molecular formula is C13H15N3. The standard InChI is InChI=1S/C13H15N3/c1-10-12(9-16(2)15-10)6-3-11-4-7-13(14)8-5-11/h3-9H,14H2,1-2H3/b6-3+. The number of nitrogens with two attached hydrogens (primary N) is 1. The van der Waals surface area contributed by atoms with Crippen LogP contribution in [0.4, 0.5) is 5.69 Å². The molecule has 0 radical (unpaired) electrons. The van der Waals surface area contributed by atoms with Gasteiger partial charge >= 0.3 is 0 Å². The van der Waals surface area contributed by atoms with Gasteiger partial charge in [0.05, 0.1) is 5.69 Å². The fraction of sp³-hybridized carbons (Fsp3) is 0.154. The second-order valence-electron chi connectivity index (χ2n) is 3.84. The van der Waals surface area contributed by atoms with Crippen LogP contribution in [0.5, 0.6) is 0 Å². The van der Waals surface area contributed by atoms with Crippen molar-refractivity contribution in [3.05, 3.63) is 47.3 Å². The maximum atomic E-state index is 5.62. The van der Waals surface area contributed by atoms with E-state index in [1.807, 2.05) is 49.1 Å². The highest BCUT2D eigenvalue weighted by Crippen LogP contribution is 2.12. The number of aryl methyl sites for hydroxylation is 2. The third-order valence-electron chi connectivity index (χ3n) is 2.44. The maximum absolute atomic E-state index is 5.62. The lowest BCUT2D eigenvalue weighted by Gasteiger charge is -1.94. The normalized spacial score (nSPS) is 11.1. The first-order valence-corrected chi connectivity index (χ1v) is 5.19. The molecule has 0 unspecified atom stereocenters. The zero-order valence-corrected chi connectivity index (χ0v) is 9.51. The van der Waals surface area contributed by atoms with Gasteiger partial charge in [0.1, 0.15) is 0 Å². The van der Waals surface area contributed by atoms with Gasteiger partial charge in [0.2, 0.25) is 0 Å². The molecular weight excluding hydrogens is 198 g/mol. The van der Waals surface area contributed by atoms with Gasteiger partial charge < -0.3 is 5.73 Å². The molecule has 0 saturated carbocycles. The lowest BCUT2D eigenvalue weighted by atomic mass is 10.1. The average Bonchev–Trinajstić information content (AvgIpc) is 2.57. The van der Waals surface area contributed by atoms with Crippen molar-refractivity contribution in [1.82, 2.24) is 9.78 Å². The van der Waals surface area contributed by atoms with Crippen molar-refractivity contribution in [2.75, 3.05) is 5.73 Å². The quantitative estimate of drug-likeness (QED) is 0.779. The smallest absolute Gasteiger partial charge is 0.0665 e. The first-order valence-electron chi connectivity index (χ1n) is 5.19. The van der Waals surface area contributed by atoms with Gasteiger partial charge in [-0.15, -0.1) is 0 Å². The van der Waals surface area contributed by atoms with Crippen LogP contribution >= 0.6 is 0 Å². The van der Waals surface area contributed by atoms with Gasteiger partial charge in [0, 0.05) is 24.5 Å². The van der Waals surface area contributed by atoms with Gasteiger partial charge in [-0.25, -0.2) is 0 Å². The SMILES string of the molecule is Cc1nn(C)cc1/C=C/c1ccc(N)cc1. The van der Waals surface area contributed by atoms with E-state index in [2.05, 4.69) is 17.3 Å². The third-order valence-corrected chi connectivity index (χ3v) is 2.44. The number of aromatic nitrogens is 2. The van der Waals surface area contributed by atoms with Crippen LogP contribution in [0, 0.1) is 6.92 Å². The van der Waals surface area contributed by atoms with E-state index in [0.717, 1.165) is 22.5 Å². The van der Waals surface area contributed by atoms with Crippen molar-refractivity contribution in [3.63, 3.8) is 0 Å². The van der Waals surface area contributed by atoms with E-state index in [9.17, 15) is 0 Å². The van der Waals surface area contributed by atoms with Crippen LogP contribution in [0.2, 0.25) is 0 Å². The summed E-state index contributed by atoms with van der Waals surface area (Å²) in [5, 5.41) is 4.28. The zero-order valence-electron chi connectivity index (χ0n) is 9.51. The Labute approximate surface area is 95.2 Å². The van der Waals surface area contributed by atoms with Crippen LogP contribution in [-0.4, -0.2) is 9.78 Å². The van der Waals surface area contributed by atoms with E-state index in [4.69, 9.17) is 5.73 Å². The lowest BCUT2D eigenvalue weighted by molar-refractivity contribution is 0.756. The van der Waals surface area contributed by atoms with E-state index in [1.54, 1.807) is 0 Å². The van der Waals surface area contributed by atoms with Crippen molar-refractivity contribution in [2.24, 2.45) is 7.05 Å². The number of benzene rings is 1. The molecule has 0 saturated heterocycles. The van der Waals surface area contributed by atoms with Crippen LogP contribution in [-0.2, 0) is 7.05 Å². The molecule has 1 aromatic heterocycles. The largest absolute Gasteiger partial charge is 0.399 e. The van der Waals surface area contributed by atoms with E-state index in [1.165, 1.54) is 0 Å². The van der Waals surface area contributed by atoms with Crippen LogP contribution < -0.4 is 5.73 Å². The second-order valence-corrected chi connectivity index (χ2v) is 3.84. The van der Waals surface area contributed by atoms with Crippen LogP contribution in [0.15, 0.2) is 30.5 Å². The van der Waals surface area contributed by atoms with Gasteiger partial charge in [0.15, 0.2) is 0 Å². The number of hydrogen-bond acceptors (Lipinski definition) is 2. The second kappa shape index (κ2) is 4.23. The summed E-state index contributed by atoms with van der Waals surface area (Å²) in [6, 6.07) is 7.79. The van der Waals surface area contributed by atoms with Crippen molar-refractivity contribution in [1.29, 1.82) is 0 Å². The average molecular weight is 213 g/mol. The number of rotatable bonds is 2. The molecule has 0 spiro atoms. The molecule has 3 heteroatoms. The summed E-state index contributed by atoms with van der Waals surface area (Å²) in [5.41, 5.74) is 9.72. The number of nitrogens with zero attached hydrogens (tertiary/aromatic N) is 2. The molecule has 3 nitrogen and oxygen atoms in total. The van der Waals surface area contributed by atoms with Crippen LogP contribution in [0.1, 0.15) is 16.8 Å². The molecule has 2 rings (SSSR count). The Hall–Kier alpha value is -2.03. The number of nitrogen functional groups attached to an aromatic ring is 1. The molecule has 2 aromatic rings. The fourth-order valence-electron chi connectivity index (χ4n) is 1.57. The van der Waals surface area contributed by atoms with Crippen LogP contribution in [0.3, 0.4) is 0 Å². The zero-order chi connectivity index (χ0) is 11.5. The fourth-order valence-corrected chi connectivity index (χ4v) is 1.57. The van der Waals surface area contributed by atoms with Gasteiger partial charge in [-0.1, -0.05) is 24.3 Å². The Kier molecular flexibility index (Phi) is 2.77. The van der Waals surface area contributed by atoms with E-state index in [0.29, 0.717) is 0 Å². The van der Waals surface area contributed by atoms with Crippen molar-refractivity contribution < 1.29 is 0 Å². The molecule has 0 amide bonds. The number of anilines is 1. The molecule has 0 aliphatic carbocycles. The molecule has 16 heavy (non-hydrogen) atoms. The molecule has 1 aromatic carbocycles. The number of hydrogen-bond donors (Lipinski definition) is 1. The summed E-state index contributed by atoms with van der Waals surface area (Å²) in [7, 11) is 1.92. The molecule has 2 N–H and O–H groups in total. The van der Waals surface area contributed by atoms with Gasteiger partial charge in [-0.2, -0.15) is 5.10 Å². The predicted octanol–water partition coefficient (Wildman–Crippen LogP) is 2.48. The van der Waals surface area contributed by atoms with Crippen molar-refractivity contribution in [3.8, 4) is 0 Å². The maximum Gasteiger partial charge on any atom is 0.0665 e. The minimum absolute atomic E-state index is 0.787. The molecule has 0 aliphatic heterocycles. The predicted molar refractivity (Wildman–Crippen MR) is 67.7 cm³/mol. The molecule has 0 fully saturated rings. The summed E-state index contributed by atoms with van der Waals surface area (Å²) in [6.07, 6.45) is 6.13. The monoisotopic (exact) mass is 213 g/mol. The summed E-state index contributed by atoms with van der Waals surface area (Å²) in [5.74, 6) is 0. The third kappa shape index (κ3) is 2.31. The Morgan fingerprint density at radius 3 is 2.44 bits per heavy atom. The first kappa shape index (κ1) is 10.5. The van der Waals surface area contributed by atoms with Gasteiger partial charge in [-0.05, 0) is 24.6 Å². The Balaban J connectivity index is 2.21. The first-order chi connectivity index (χ1) is 7.65. The Morgan fingerprint density at radius 2 is 1.88 bits per heavy atom. The Bertz CT molecular complexity index is 506. The topological polar surface area (TPSA) is 43.8 Å².